The molecule has 12 rings (SSSR count). The molecule has 0 radical (unpaired) electrons. The lowest BCUT2D eigenvalue weighted by Gasteiger charge is -2.30. The van der Waals surface area contributed by atoms with Gasteiger partial charge in [-0.2, -0.15) is 0 Å². The fourth-order valence-electron chi connectivity index (χ4n) is 9.78. The molecule has 0 saturated carbocycles. The van der Waals surface area contributed by atoms with Crippen molar-refractivity contribution in [3.8, 4) is 66.3 Å². The topological polar surface area (TPSA) is 12.9 Å². The maximum atomic E-state index is 5.30. The first-order valence-corrected chi connectivity index (χ1v) is 20.1. The summed E-state index contributed by atoms with van der Waals surface area (Å²) >= 11 is 1.94. The molecule has 0 aliphatic heterocycles. The first-order chi connectivity index (χ1) is 27.8. The van der Waals surface area contributed by atoms with Gasteiger partial charge in [-0.15, -0.1) is 11.3 Å². The molecular weight excluding hydrogens is 695 g/mol. The van der Waals surface area contributed by atoms with Crippen LogP contribution in [0, 0.1) is 0 Å². The summed E-state index contributed by atoms with van der Waals surface area (Å²) in [5.41, 5.74) is 18.1. The van der Waals surface area contributed by atoms with Crippen LogP contribution in [0.25, 0.3) is 87.2 Å². The lowest BCUT2D eigenvalue weighted by Crippen LogP contribution is -2.25. The van der Waals surface area contributed by atoms with Gasteiger partial charge < -0.3 is 0 Å². The Balaban J connectivity index is 1.09. The summed E-state index contributed by atoms with van der Waals surface area (Å²) in [6.07, 6.45) is 0. The Bertz CT molecular complexity index is 3150. The zero-order valence-electron chi connectivity index (χ0n) is 30.4. The van der Waals surface area contributed by atoms with Crippen LogP contribution in [0.5, 0.6) is 0 Å². The maximum Gasteiger partial charge on any atom is 0.0740 e. The molecule has 10 aromatic rings. The van der Waals surface area contributed by atoms with E-state index in [1.54, 1.807) is 0 Å². The lowest BCUT2D eigenvalue weighted by atomic mass is 9.70. The van der Waals surface area contributed by atoms with Crippen LogP contribution >= 0.6 is 11.3 Å². The number of hydrogen-bond acceptors (Lipinski definition) is 2. The molecule has 8 aromatic carbocycles. The van der Waals surface area contributed by atoms with E-state index in [2.05, 4.69) is 200 Å². The number of fused-ring (bicyclic) bond motifs is 13. The van der Waals surface area contributed by atoms with Gasteiger partial charge in [0.05, 0.1) is 16.8 Å². The molecular formula is C54H33NS. The summed E-state index contributed by atoms with van der Waals surface area (Å²) in [4.78, 5) is 6.68. The van der Waals surface area contributed by atoms with E-state index in [0.29, 0.717) is 0 Å². The predicted octanol–water partition coefficient (Wildman–Crippen LogP) is 14.5. The molecule has 0 unspecified atom stereocenters. The Labute approximate surface area is 329 Å². The SMILES string of the molecule is c1ccc(-c2cc(-c3cccc(-c4cccc5c4-c4sc6ccccc6c4C54c5ccccc5-c5ccccc54)c3)cc(-c3cccc4ccccc34)n2)cc1. The average molecular weight is 728 g/mol. The van der Waals surface area contributed by atoms with E-state index in [0.717, 1.165) is 28.1 Å². The van der Waals surface area contributed by atoms with E-state index < -0.39 is 5.41 Å². The number of pyridine rings is 1. The van der Waals surface area contributed by atoms with Crippen molar-refractivity contribution in [2.75, 3.05) is 0 Å². The van der Waals surface area contributed by atoms with Crippen molar-refractivity contribution in [1.82, 2.24) is 4.98 Å². The van der Waals surface area contributed by atoms with Crippen LogP contribution in [0.15, 0.2) is 200 Å². The molecule has 0 amide bonds. The van der Waals surface area contributed by atoms with Crippen molar-refractivity contribution in [3.05, 3.63) is 222 Å². The van der Waals surface area contributed by atoms with Crippen LogP contribution in [0.3, 0.4) is 0 Å². The van der Waals surface area contributed by atoms with Crippen molar-refractivity contribution >= 4 is 32.2 Å². The molecule has 0 saturated heterocycles. The fraction of sp³-hybridized carbons (Fsp3) is 0.0185. The van der Waals surface area contributed by atoms with Crippen molar-refractivity contribution in [2.24, 2.45) is 0 Å². The number of thiophene rings is 1. The second kappa shape index (κ2) is 12.1. The highest BCUT2D eigenvalue weighted by Crippen LogP contribution is 2.67. The third kappa shape index (κ3) is 4.39. The van der Waals surface area contributed by atoms with Gasteiger partial charge in [0.15, 0.2) is 0 Å². The van der Waals surface area contributed by atoms with Crippen LogP contribution in [0.4, 0.5) is 0 Å². The summed E-state index contributed by atoms with van der Waals surface area (Å²) < 4.78 is 1.33. The summed E-state index contributed by atoms with van der Waals surface area (Å²) in [5.74, 6) is 0. The van der Waals surface area contributed by atoms with Crippen molar-refractivity contribution in [3.63, 3.8) is 0 Å². The van der Waals surface area contributed by atoms with Gasteiger partial charge in [0.25, 0.3) is 0 Å². The van der Waals surface area contributed by atoms with Gasteiger partial charge in [-0.05, 0) is 96.1 Å². The number of benzene rings is 8. The molecule has 1 nitrogen and oxygen atoms in total. The molecule has 2 aromatic heterocycles. The normalized spacial score (nSPS) is 13.1. The molecule has 0 bridgehead atoms. The van der Waals surface area contributed by atoms with E-state index in [4.69, 9.17) is 4.98 Å². The third-order valence-electron chi connectivity index (χ3n) is 12.1. The van der Waals surface area contributed by atoms with Crippen LogP contribution in [0.2, 0.25) is 0 Å². The molecule has 0 N–H and O–H groups in total. The Morgan fingerprint density at radius 1 is 0.375 bits per heavy atom. The van der Waals surface area contributed by atoms with Gasteiger partial charge in [-0.3, -0.25) is 0 Å². The third-order valence-corrected chi connectivity index (χ3v) is 13.3. The zero-order chi connectivity index (χ0) is 36.8. The molecule has 1 spiro atoms. The second-order valence-electron chi connectivity index (χ2n) is 15.0. The summed E-state index contributed by atoms with van der Waals surface area (Å²) in [7, 11) is 0. The van der Waals surface area contributed by atoms with Gasteiger partial charge in [0.1, 0.15) is 0 Å². The average Bonchev–Trinajstić information content (AvgIpc) is 3.90. The van der Waals surface area contributed by atoms with Crippen LogP contribution in [-0.4, -0.2) is 4.98 Å². The van der Waals surface area contributed by atoms with Gasteiger partial charge in [0.2, 0.25) is 0 Å². The minimum absolute atomic E-state index is 0.395. The highest BCUT2D eigenvalue weighted by Gasteiger charge is 2.53. The molecule has 2 aliphatic rings. The number of rotatable bonds is 4. The smallest absolute Gasteiger partial charge is 0.0740 e. The molecule has 56 heavy (non-hydrogen) atoms. The van der Waals surface area contributed by atoms with Gasteiger partial charge >= 0.3 is 0 Å². The molecule has 2 heterocycles. The number of nitrogens with zero attached hydrogens (tertiary/aromatic N) is 1. The largest absolute Gasteiger partial charge is 0.248 e. The first-order valence-electron chi connectivity index (χ1n) is 19.3. The van der Waals surface area contributed by atoms with Gasteiger partial charge in [-0.25, -0.2) is 4.98 Å². The van der Waals surface area contributed by atoms with E-state index >= 15 is 0 Å². The van der Waals surface area contributed by atoms with Crippen molar-refractivity contribution in [2.45, 2.75) is 5.41 Å². The minimum Gasteiger partial charge on any atom is -0.248 e. The van der Waals surface area contributed by atoms with Crippen LogP contribution in [-0.2, 0) is 5.41 Å². The molecule has 0 atom stereocenters. The van der Waals surface area contributed by atoms with E-state index in [1.165, 1.54) is 81.4 Å². The quantitative estimate of drug-likeness (QED) is 0.176. The second-order valence-corrected chi connectivity index (χ2v) is 16.0. The number of hydrogen-bond donors (Lipinski definition) is 0. The summed E-state index contributed by atoms with van der Waals surface area (Å²) in [6.45, 7) is 0. The Kier molecular flexibility index (Phi) is 6.78. The summed E-state index contributed by atoms with van der Waals surface area (Å²) in [5, 5.41) is 3.76. The van der Waals surface area contributed by atoms with E-state index in [9.17, 15) is 0 Å². The standard InChI is InChI=1S/C54H33NS/c1-2-16-35(17-3-1)48-32-38(33-49(55-48)43-26-13-18-34-15-4-5-21-39(34)43)36-19-12-20-37(31-36)40-25-14-29-47-51(40)53-52(44-24-8-11-30-50(44)56-53)54(47)45-27-9-6-22-41(45)42-23-7-10-28-46(42)54/h1-33H. The van der Waals surface area contributed by atoms with Crippen LogP contribution < -0.4 is 0 Å². The Morgan fingerprint density at radius 3 is 1.79 bits per heavy atom. The maximum absolute atomic E-state index is 5.30. The van der Waals surface area contributed by atoms with Crippen molar-refractivity contribution < 1.29 is 0 Å². The minimum atomic E-state index is -0.395. The monoisotopic (exact) mass is 727 g/mol. The highest BCUT2D eigenvalue weighted by molar-refractivity contribution is 7.22. The van der Waals surface area contributed by atoms with Crippen LogP contribution in [0.1, 0.15) is 22.3 Å². The first kappa shape index (κ1) is 31.5. The van der Waals surface area contributed by atoms with E-state index in [-0.39, 0.29) is 0 Å². The zero-order valence-corrected chi connectivity index (χ0v) is 31.2. The molecule has 260 valence electrons. The molecule has 2 aliphatic carbocycles. The fourth-order valence-corrected chi connectivity index (χ4v) is 11.1. The summed E-state index contributed by atoms with van der Waals surface area (Å²) in [6, 6.07) is 73.6. The molecule has 2 heteroatoms. The highest BCUT2D eigenvalue weighted by atomic mass is 32.1. The lowest BCUT2D eigenvalue weighted by molar-refractivity contribution is 0.803. The van der Waals surface area contributed by atoms with Gasteiger partial charge in [-0.1, -0.05) is 176 Å². The number of aromatic nitrogens is 1. The Hall–Kier alpha value is -6.87. The molecule has 0 fully saturated rings. The van der Waals surface area contributed by atoms with Crippen molar-refractivity contribution in [1.29, 1.82) is 0 Å². The van der Waals surface area contributed by atoms with E-state index in [1.807, 2.05) is 11.3 Å². The Morgan fingerprint density at radius 2 is 0.946 bits per heavy atom. The predicted molar refractivity (Wildman–Crippen MR) is 235 cm³/mol. The van der Waals surface area contributed by atoms with Gasteiger partial charge in [0, 0.05) is 26.3 Å².